The van der Waals surface area contributed by atoms with Crippen LogP contribution in [-0.4, -0.2) is 37.2 Å². The van der Waals surface area contributed by atoms with E-state index in [4.69, 9.17) is 14.2 Å². The highest BCUT2D eigenvalue weighted by Crippen LogP contribution is 2.14. The standard InChI is InChI=1S/C77H122O6/c1-4-7-10-13-16-19-22-24-26-28-30-32-33-34-35-36-37-38-39-40-41-42-43-45-46-48-50-52-55-58-61-64-67-70-76(79)82-73-74(72-81-75(78)69-66-63-60-57-54-21-18-15-12-9-6-3)83-77(80)71-68-65-62-59-56-53-51-49-47-44-31-29-27-25-23-20-17-14-11-8-5-2/h7-8,10-11,15-20,24-27,30-32,34-35,37-38,40-41,43-45,49,51,74H,4-6,9,12-14,21-23,28-29,33,36,39,42,46-48,50,52-73H2,1-3H3/b10-7-,11-8-,18-15-,19-16-,20-17-,26-24-,27-25-,32-30-,35-34-,38-37-,41-40-,44-31-,45-43-,51-49-. The zero-order valence-electron chi connectivity index (χ0n) is 53.4. The Bertz CT molecular complexity index is 1890. The number of esters is 3. The van der Waals surface area contributed by atoms with Gasteiger partial charge < -0.3 is 14.2 Å². The van der Waals surface area contributed by atoms with Crippen molar-refractivity contribution in [2.24, 2.45) is 0 Å². The fraction of sp³-hybridized carbons (Fsp3) is 0.597. The first-order valence-electron chi connectivity index (χ1n) is 33.6. The van der Waals surface area contributed by atoms with Crippen molar-refractivity contribution in [2.75, 3.05) is 13.2 Å². The Hall–Kier alpha value is -5.23. The number of hydrogen-bond acceptors (Lipinski definition) is 6. The van der Waals surface area contributed by atoms with Crippen molar-refractivity contribution in [2.45, 2.75) is 284 Å². The third-order valence-electron chi connectivity index (χ3n) is 13.7. The van der Waals surface area contributed by atoms with E-state index in [1.807, 2.05) is 0 Å². The molecule has 0 spiro atoms. The minimum absolute atomic E-state index is 0.0992. The van der Waals surface area contributed by atoms with Gasteiger partial charge >= 0.3 is 17.9 Å². The zero-order valence-corrected chi connectivity index (χ0v) is 53.4. The highest BCUT2D eigenvalue weighted by molar-refractivity contribution is 5.71. The Kier molecular flexibility index (Phi) is 64.9. The number of hydrogen-bond donors (Lipinski definition) is 0. The molecule has 0 radical (unpaired) electrons. The van der Waals surface area contributed by atoms with Crippen LogP contribution in [-0.2, 0) is 28.6 Å². The van der Waals surface area contributed by atoms with Crippen LogP contribution in [0.4, 0.5) is 0 Å². The van der Waals surface area contributed by atoms with Crippen molar-refractivity contribution in [3.63, 3.8) is 0 Å². The molecule has 1 unspecified atom stereocenters. The van der Waals surface area contributed by atoms with E-state index in [1.165, 1.54) is 57.8 Å². The van der Waals surface area contributed by atoms with Crippen LogP contribution in [0.1, 0.15) is 278 Å². The number of ether oxygens (including phenoxy) is 3. The molecule has 0 saturated heterocycles. The van der Waals surface area contributed by atoms with E-state index in [2.05, 4.69) is 191 Å². The zero-order chi connectivity index (χ0) is 59.9. The molecule has 0 aliphatic rings. The minimum atomic E-state index is -0.804. The normalized spacial score (nSPS) is 13.2. The van der Waals surface area contributed by atoms with Crippen LogP contribution >= 0.6 is 0 Å². The summed E-state index contributed by atoms with van der Waals surface area (Å²) in [4.78, 5) is 38.3. The predicted octanol–water partition coefficient (Wildman–Crippen LogP) is 23.4. The van der Waals surface area contributed by atoms with E-state index in [9.17, 15) is 14.4 Å². The molecular weight excluding hydrogens is 1020 g/mol. The lowest BCUT2D eigenvalue weighted by Gasteiger charge is -2.18. The quantitative estimate of drug-likeness (QED) is 0.0261. The fourth-order valence-corrected chi connectivity index (χ4v) is 8.70. The summed E-state index contributed by atoms with van der Waals surface area (Å²) < 4.78 is 16.9. The molecule has 0 rings (SSSR count). The average molecular weight is 1140 g/mol. The summed E-state index contributed by atoms with van der Waals surface area (Å²) in [6.07, 6.45) is 102. The van der Waals surface area contributed by atoms with Crippen LogP contribution in [0.2, 0.25) is 0 Å². The Morgan fingerprint density at radius 3 is 0.747 bits per heavy atom. The molecule has 0 saturated carbocycles. The topological polar surface area (TPSA) is 78.9 Å². The number of carbonyl (C=O) groups is 3. The van der Waals surface area contributed by atoms with E-state index in [-0.39, 0.29) is 31.1 Å². The lowest BCUT2D eigenvalue weighted by molar-refractivity contribution is -0.167. The second-order valence-corrected chi connectivity index (χ2v) is 21.6. The molecule has 0 fully saturated rings. The van der Waals surface area contributed by atoms with Gasteiger partial charge in [-0.15, -0.1) is 0 Å². The summed E-state index contributed by atoms with van der Waals surface area (Å²) in [6, 6.07) is 0. The molecule has 0 bridgehead atoms. The summed E-state index contributed by atoms with van der Waals surface area (Å²) in [6.45, 7) is 6.34. The van der Waals surface area contributed by atoms with E-state index < -0.39 is 6.10 Å². The molecule has 0 aromatic heterocycles. The van der Waals surface area contributed by atoms with Crippen LogP contribution in [0.5, 0.6) is 0 Å². The van der Waals surface area contributed by atoms with Crippen LogP contribution in [0, 0.1) is 0 Å². The largest absolute Gasteiger partial charge is 0.462 e. The van der Waals surface area contributed by atoms with Crippen LogP contribution in [0.3, 0.4) is 0 Å². The molecule has 0 heterocycles. The van der Waals surface area contributed by atoms with Crippen molar-refractivity contribution in [3.8, 4) is 0 Å². The fourth-order valence-electron chi connectivity index (χ4n) is 8.70. The summed E-state index contributed by atoms with van der Waals surface area (Å²) in [5.41, 5.74) is 0. The maximum Gasteiger partial charge on any atom is 0.306 e. The molecule has 0 aromatic rings. The van der Waals surface area contributed by atoms with Gasteiger partial charge in [0.2, 0.25) is 0 Å². The van der Waals surface area contributed by atoms with Gasteiger partial charge in [-0.3, -0.25) is 14.4 Å². The lowest BCUT2D eigenvalue weighted by atomic mass is 10.1. The van der Waals surface area contributed by atoms with Gasteiger partial charge in [-0.1, -0.05) is 281 Å². The third kappa shape index (κ3) is 67.4. The van der Waals surface area contributed by atoms with E-state index in [0.29, 0.717) is 19.3 Å². The average Bonchev–Trinajstić information content (AvgIpc) is 3.48. The molecule has 0 aliphatic carbocycles. The monoisotopic (exact) mass is 1140 g/mol. The molecule has 466 valence electrons. The second kappa shape index (κ2) is 69.3. The lowest BCUT2D eigenvalue weighted by Crippen LogP contribution is -2.30. The van der Waals surface area contributed by atoms with Crippen molar-refractivity contribution >= 4 is 17.9 Å². The molecule has 0 aliphatic heterocycles. The highest BCUT2D eigenvalue weighted by atomic mass is 16.6. The molecule has 0 amide bonds. The molecule has 83 heavy (non-hydrogen) atoms. The number of allylic oxidation sites excluding steroid dienone is 28. The summed E-state index contributed by atoms with van der Waals surface area (Å²) in [5, 5.41) is 0. The predicted molar refractivity (Wildman–Crippen MR) is 361 cm³/mol. The van der Waals surface area contributed by atoms with Gasteiger partial charge in [0.1, 0.15) is 13.2 Å². The molecule has 0 N–H and O–H groups in total. The van der Waals surface area contributed by atoms with E-state index >= 15 is 0 Å². The Morgan fingerprint density at radius 1 is 0.253 bits per heavy atom. The van der Waals surface area contributed by atoms with Gasteiger partial charge in [0.05, 0.1) is 0 Å². The third-order valence-corrected chi connectivity index (χ3v) is 13.7. The first-order valence-corrected chi connectivity index (χ1v) is 33.6. The SMILES string of the molecule is CC/C=C\C/C=C\C/C=C\C/C=C\C/C=C\C/C=C\C/C=C\C/C=C\CCCCCCCCCCC(=O)OCC(COC(=O)CCCCCCC/C=C\CCCC)OC(=O)CCCCCCC/C=C\C/C=C\C/C=C\C/C=C\C/C=C\CC. The number of carbonyl (C=O) groups excluding carboxylic acids is 3. The molecular formula is C77H122O6. The van der Waals surface area contributed by atoms with Crippen molar-refractivity contribution < 1.29 is 28.6 Å². The van der Waals surface area contributed by atoms with Crippen molar-refractivity contribution in [1.82, 2.24) is 0 Å². The van der Waals surface area contributed by atoms with Gasteiger partial charge in [0.15, 0.2) is 6.10 Å². The van der Waals surface area contributed by atoms with Crippen LogP contribution in [0.15, 0.2) is 170 Å². The first kappa shape index (κ1) is 77.8. The van der Waals surface area contributed by atoms with Gasteiger partial charge in [-0.05, 0) is 148 Å². The van der Waals surface area contributed by atoms with Crippen molar-refractivity contribution in [3.05, 3.63) is 170 Å². The van der Waals surface area contributed by atoms with Crippen LogP contribution < -0.4 is 0 Å². The van der Waals surface area contributed by atoms with Gasteiger partial charge in [-0.25, -0.2) is 0 Å². The van der Waals surface area contributed by atoms with Crippen molar-refractivity contribution in [1.29, 1.82) is 0 Å². The smallest absolute Gasteiger partial charge is 0.306 e. The molecule has 1 atom stereocenters. The maximum atomic E-state index is 12.9. The van der Waals surface area contributed by atoms with E-state index in [1.54, 1.807) is 0 Å². The highest BCUT2D eigenvalue weighted by Gasteiger charge is 2.19. The number of rotatable bonds is 59. The summed E-state index contributed by atoms with van der Waals surface area (Å²) in [5.74, 6) is -0.939. The van der Waals surface area contributed by atoms with E-state index in [0.717, 1.165) is 180 Å². The summed E-state index contributed by atoms with van der Waals surface area (Å²) >= 11 is 0. The number of unbranched alkanes of at least 4 members (excludes halogenated alkanes) is 20. The second-order valence-electron chi connectivity index (χ2n) is 21.6. The Morgan fingerprint density at radius 2 is 0.470 bits per heavy atom. The Balaban J connectivity index is 4.32. The maximum absolute atomic E-state index is 12.9. The first-order chi connectivity index (χ1) is 41.0. The van der Waals surface area contributed by atoms with Gasteiger partial charge in [0, 0.05) is 19.3 Å². The minimum Gasteiger partial charge on any atom is -0.462 e. The summed E-state index contributed by atoms with van der Waals surface area (Å²) in [7, 11) is 0. The molecule has 0 aromatic carbocycles. The van der Waals surface area contributed by atoms with Gasteiger partial charge in [0.25, 0.3) is 0 Å². The van der Waals surface area contributed by atoms with Gasteiger partial charge in [-0.2, -0.15) is 0 Å². The Labute approximate surface area is 511 Å². The molecule has 6 nitrogen and oxygen atoms in total. The van der Waals surface area contributed by atoms with Crippen LogP contribution in [0.25, 0.3) is 0 Å². The molecule has 6 heteroatoms.